The fourth-order valence-corrected chi connectivity index (χ4v) is 1.35. The van der Waals surface area contributed by atoms with Crippen LogP contribution in [0.25, 0.3) is 5.82 Å². The molecule has 0 aliphatic rings. The summed E-state index contributed by atoms with van der Waals surface area (Å²) in [5.74, 6) is 0.147. The fraction of sp³-hybridized carbons (Fsp3) is 0.182. The number of aryl methyl sites for hydroxylation is 1. The lowest BCUT2D eigenvalue weighted by molar-refractivity contribution is -0.118. The van der Waals surface area contributed by atoms with E-state index >= 15 is 0 Å². The van der Waals surface area contributed by atoms with E-state index in [-0.39, 0.29) is 11.9 Å². The second-order valence-corrected chi connectivity index (χ2v) is 3.83. The van der Waals surface area contributed by atoms with Crippen LogP contribution in [0, 0.1) is 6.92 Å². The van der Waals surface area contributed by atoms with Crippen LogP contribution in [0.5, 0.6) is 0 Å². The Hall–Kier alpha value is -2.77. The van der Waals surface area contributed by atoms with Crippen LogP contribution in [0.1, 0.15) is 12.5 Å². The average molecular weight is 260 g/mol. The molecule has 0 fully saturated rings. The zero-order chi connectivity index (χ0) is 13.8. The van der Waals surface area contributed by atoms with Crippen LogP contribution in [0.2, 0.25) is 0 Å². The fourth-order valence-electron chi connectivity index (χ4n) is 1.35. The molecule has 1 amide bonds. The number of aromatic nitrogens is 4. The number of carbonyl (C=O) groups is 1. The van der Waals surface area contributed by atoms with Crippen molar-refractivity contribution >= 4 is 11.9 Å². The van der Waals surface area contributed by atoms with Crippen molar-refractivity contribution in [2.45, 2.75) is 13.8 Å². The molecule has 2 aromatic rings. The summed E-state index contributed by atoms with van der Waals surface area (Å²) in [7, 11) is 0. The van der Waals surface area contributed by atoms with Crippen LogP contribution >= 0.6 is 0 Å². The number of rotatable bonds is 3. The Morgan fingerprint density at radius 3 is 2.79 bits per heavy atom. The maximum Gasteiger partial charge on any atom is 0.357 e. The van der Waals surface area contributed by atoms with Gasteiger partial charge >= 0.3 is 5.69 Å². The predicted molar refractivity (Wildman–Crippen MR) is 67.6 cm³/mol. The van der Waals surface area contributed by atoms with Gasteiger partial charge < -0.3 is 0 Å². The third kappa shape index (κ3) is 3.12. The van der Waals surface area contributed by atoms with Gasteiger partial charge in [0.25, 0.3) is 0 Å². The summed E-state index contributed by atoms with van der Waals surface area (Å²) in [6.07, 6.45) is 2.89. The number of amides is 1. The molecule has 0 spiro atoms. The average Bonchev–Trinajstić information content (AvgIpc) is 2.36. The first kappa shape index (κ1) is 12.7. The van der Waals surface area contributed by atoms with Crippen molar-refractivity contribution < 1.29 is 4.79 Å². The number of hydrogen-bond acceptors (Lipinski definition) is 6. The van der Waals surface area contributed by atoms with Crippen LogP contribution in [0.3, 0.4) is 0 Å². The molecule has 0 aliphatic carbocycles. The summed E-state index contributed by atoms with van der Waals surface area (Å²) in [5.41, 5.74) is 5.13. The number of hydrazine groups is 1. The smallest absolute Gasteiger partial charge is 0.274 e. The first-order valence-electron chi connectivity index (χ1n) is 5.47. The van der Waals surface area contributed by atoms with Gasteiger partial charge in [-0.25, -0.2) is 19.3 Å². The molecule has 0 aliphatic heterocycles. The van der Waals surface area contributed by atoms with Gasteiger partial charge in [0, 0.05) is 13.1 Å². The van der Waals surface area contributed by atoms with Crippen LogP contribution in [0.15, 0.2) is 29.5 Å². The second kappa shape index (κ2) is 5.25. The van der Waals surface area contributed by atoms with Gasteiger partial charge in [-0.15, -0.1) is 0 Å². The molecule has 0 bridgehead atoms. The van der Waals surface area contributed by atoms with Crippen LogP contribution in [-0.2, 0) is 4.79 Å². The quantitative estimate of drug-likeness (QED) is 0.741. The molecule has 98 valence electrons. The molecule has 2 N–H and O–H groups in total. The molecule has 2 aromatic heterocycles. The first-order valence-corrected chi connectivity index (χ1v) is 5.47. The topological polar surface area (TPSA) is 102 Å². The minimum atomic E-state index is -0.541. The highest BCUT2D eigenvalue weighted by molar-refractivity contribution is 5.73. The normalized spacial score (nSPS) is 10.0. The Bertz CT molecular complexity index is 666. The Morgan fingerprint density at radius 1 is 1.37 bits per heavy atom. The van der Waals surface area contributed by atoms with E-state index in [1.807, 2.05) is 13.0 Å². The van der Waals surface area contributed by atoms with E-state index in [0.29, 0.717) is 5.82 Å². The van der Waals surface area contributed by atoms with E-state index in [9.17, 15) is 9.59 Å². The van der Waals surface area contributed by atoms with E-state index in [0.717, 1.165) is 5.56 Å². The van der Waals surface area contributed by atoms with E-state index in [1.54, 1.807) is 12.3 Å². The van der Waals surface area contributed by atoms with Gasteiger partial charge in [-0.2, -0.15) is 4.98 Å². The van der Waals surface area contributed by atoms with E-state index in [2.05, 4.69) is 25.8 Å². The molecule has 0 saturated heterocycles. The molecule has 8 heteroatoms. The predicted octanol–water partition coefficient (Wildman–Crippen LogP) is -0.206. The molecule has 0 atom stereocenters. The van der Waals surface area contributed by atoms with Crippen LogP contribution < -0.4 is 16.5 Å². The number of nitrogens with one attached hydrogen (secondary N) is 2. The molecule has 0 aromatic carbocycles. The van der Waals surface area contributed by atoms with E-state index in [1.165, 1.54) is 17.8 Å². The Labute approximate surface area is 108 Å². The number of carbonyl (C=O) groups excluding carboxylic acids is 1. The third-order valence-corrected chi connectivity index (χ3v) is 2.20. The Kier molecular flexibility index (Phi) is 3.51. The lowest BCUT2D eigenvalue weighted by Crippen LogP contribution is -2.31. The van der Waals surface area contributed by atoms with Gasteiger partial charge in [0.1, 0.15) is 12.1 Å². The molecule has 2 heterocycles. The monoisotopic (exact) mass is 260 g/mol. The highest BCUT2D eigenvalue weighted by Crippen LogP contribution is 2.03. The zero-order valence-electron chi connectivity index (χ0n) is 10.4. The molecular formula is C11H12N6O2. The Morgan fingerprint density at radius 2 is 2.16 bits per heavy atom. The van der Waals surface area contributed by atoms with Gasteiger partial charge in [-0.3, -0.25) is 15.6 Å². The van der Waals surface area contributed by atoms with Crippen molar-refractivity contribution in [2.24, 2.45) is 0 Å². The summed E-state index contributed by atoms with van der Waals surface area (Å²) in [5, 5.41) is 0. The number of anilines is 1. The molecule has 2 rings (SSSR count). The van der Waals surface area contributed by atoms with Crippen molar-refractivity contribution in [1.82, 2.24) is 24.9 Å². The number of pyridine rings is 1. The largest absolute Gasteiger partial charge is 0.357 e. The van der Waals surface area contributed by atoms with E-state index in [4.69, 9.17) is 0 Å². The van der Waals surface area contributed by atoms with Crippen LogP contribution in [-0.4, -0.2) is 25.4 Å². The SMILES string of the molecule is CC(=O)NNc1ncn(-c2cc(C)ccn2)c(=O)n1. The maximum absolute atomic E-state index is 11.8. The number of nitrogens with zero attached hydrogens (tertiary/aromatic N) is 4. The van der Waals surface area contributed by atoms with Gasteiger partial charge in [-0.1, -0.05) is 0 Å². The van der Waals surface area contributed by atoms with Crippen molar-refractivity contribution in [3.05, 3.63) is 40.7 Å². The Balaban J connectivity index is 2.29. The van der Waals surface area contributed by atoms with Gasteiger partial charge in [-0.05, 0) is 24.6 Å². The molecule has 19 heavy (non-hydrogen) atoms. The van der Waals surface area contributed by atoms with Gasteiger partial charge in [0.2, 0.25) is 11.9 Å². The lowest BCUT2D eigenvalue weighted by atomic mass is 10.3. The van der Waals surface area contributed by atoms with Gasteiger partial charge in [0.15, 0.2) is 0 Å². The van der Waals surface area contributed by atoms with Crippen molar-refractivity contribution in [1.29, 1.82) is 0 Å². The first-order chi connectivity index (χ1) is 9.06. The minimum absolute atomic E-state index is 0.0177. The van der Waals surface area contributed by atoms with Gasteiger partial charge in [0.05, 0.1) is 0 Å². The molecule has 0 unspecified atom stereocenters. The van der Waals surface area contributed by atoms with Crippen molar-refractivity contribution in [3.8, 4) is 5.82 Å². The molecule has 0 saturated carbocycles. The molecular weight excluding hydrogens is 248 g/mol. The highest BCUT2D eigenvalue weighted by atomic mass is 16.2. The summed E-state index contributed by atoms with van der Waals surface area (Å²) in [4.78, 5) is 34.2. The van der Waals surface area contributed by atoms with E-state index < -0.39 is 5.69 Å². The maximum atomic E-state index is 11.8. The van der Waals surface area contributed by atoms with Crippen molar-refractivity contribution in [2.75, 3.05) is 5.43 Å². The highest BCUT2D eigenvalue weighted by Gasteiger charge is 2.05. The lowest BCUT2D eigenvalue weighted by Gasteiger charge is -2.06. The summed E-state index contributed by atoms with van der Waals surface area (Å²) >= 11 is 0. The van der Waals surface area contributed by atoms with Crippen LogP contribution in [0.4, 0.5) is 5.95 Å². The minimum Gasteiger partial charge on any atom is -0.274 e. The third-order valence-electron chi connectivity index (χ3n) is 2.20. The zero-order valence-corrected chi connectivity index (χ0v) is 10.4. The molecule has 8 nitrogen and oxygen atoms in total. The second-order valence-electron chi connectivity index (χ2n) is 3.83. The number of hydrogen-bond donors (Lipinski definition) is 2. The van der Waals surface area contributed by atoms with Crippen molar-refractivity contribution in [3.63, 3.8) is 0 Å². The standard InChI is InChI=1S/C11H12N6O2/c1-7-3-4-12-9(5-7)17-6-13-10(14-11(17)19)16-15-8(2)18/h3-6H,1-2H3,(H,15,18)(H,14,16,19). The molecule has 0 radical (unpaired) electrons. The summed E-state index contributed by atoms with van der Waals surface area (Å²) in [6.45, 7) is 3.22. The summed E-state index contributed by atoms with van der Waals surface area (Å²) in [6, 6.07) is 3.56. The summed E-state index contributed by atoms with van der Waals surface area (Å²) < 4.78 is 1.21.